The van der Waals surface area contributed by atoms with Gasteiger partial charge in [-0.05, 0) is 66.7 Å². The third-order valence-electron chi connectivity index (χ3n) is 4.74. The van der Waals surface area contributed by atoms with E-state index in [2.05, 4.69) is 11.6 Å². The fourth-order valence-corrected chi connectivity index (χ4v) is 3.61. The Bertz CT molecular complexity index is 550. The van der Waals surface area contributed by atoms with Crippen LogP contribution in [0.3, 0.4) is 0 Å². The van der Waals surface area contributed by atoms with Crippen molar-refractivity contribution in [1.82, 2.24) is 9.62 Å². The number of nitrogens with one attached hydrogen (secondary N) is 1. The van der Waals surface area contributed by atoms with Gasteiger partial charge in [0.2, 0.25) is 10.0 Å². The Morgan fingerprint density at radius 3 is 1.96 bits per heavy atom. The molecule has 1 aliphatic rings. The molecule has 7 heteroatoms. The van der Waals surface area contributed by atoms with E-state index in [0.717, 1.165) is 12.8 Å². The number of likely N-dealkylation sites (tertiary alicyclic amines) is 1. The van der Waals surface area contributed by atoms with Crippen molar-refractivity contribution in [3.8, 4) is 0 Å². The molecular weight excluding hydrogens is 328 g/mol. The lowest BCUT2D eigenvalue weighted by Gasteiger charge is -2.43. The summed E-state index contributed by atoms with van der Waals surface area (Å²) in [4.78, 5) is 13.9. The van der Waals surface area contributed by atoms with Crippen molar-refractivity contribution < 1.29 is 17.9 Å². The van der Waals surface area contributed by atoms with Crippen molar-refractivity contribution in [2.45, 2.75) is 84.6 Å². The van der Waals surface area contributed by atoms with Crippen LogP contribution in [0.5, 0.6) is 0 Å². The maximum absolute atomic E-state index is 12.4. The first-order valence-corrected chi connectivity index (χ1v) is 10.1. The van der Waals surface area contributed by atoms with Gasteiger partial charge in [-0.1, -0.05) is 6.92 Å². The zero-order valence-electron chi connectivity index (χ0n) is 16.4. The van der Waals surface area contributed by atoms with Crippen LogP contribution in [0, 0.1) is 5.41 Å². The topological polar surface area (TPSA) is 75.7 Å². The van der Waals surface area contributed by atoms with E-state index in [1.807, 2.05) is 27.7 Å². The van der Waals surface area contributed by atoms with Gasteiger partial charge < -0.3 is 9.64 Å². The Hall–Kier alpha value is -0.820. The smallest absolute Gasteiger partial charge is 0.410 e. The van der Waals surface area contributed by atoms with E-state index < -0.39 is 20.4 Å². The van der Waals surface area contributed by atoms with Crippen LogP contribution in [0.4, 0.5) is 4.79 Å². The van der Waals surface area contributed by atoms with Gasteiger partial charge in [0, 0.05) is 19.1 Å². The average Bonchev–Trinajstić information content (AvgIpc) is 2.35. The van der Waals surface area contributed by atoms with E-state index in [9.17, 15) is 13.2 Å². The monoisotopic (exact) mass is 362 g/mol. The molecule has 0 aliphatic carbocycles. The summed E-state index contributed by atoms with van der Waals surface area (Å²) in [5.74, 6) is 0. The lowest BCUT2D eigenvalue weighted by atomic mass is 9.75. The van der Waals surface area contributed by atoms with Gasteiger partial charge in [0.15, 0.2) is 0 Å². The first-order valence-electron chi connectivity index (χ1n) is 8.57. The van der Waals surface area contributed by atoms with Crippen molar-refractivity contribution in [3.63, 3.8) is 0 Å². The predicted octanol–water partition coefficient (Wildman–Crippen LogP) is 3.13. The third kappa shape index (κ3) is 5.34. The molecule has 1 rings (SSSR count). The summed E-state index contributed by atoms with van der Waals surface area (Å²) in [6.45, 7) is 15.8. The molecule has 142 valence electrons. The van der Waals surface area contributed by atoms with Crippen LogP contribution in [-0.4, -0.2) is 48.9 Å². The standard InChI is InChI=1S/C17H34N2O4S/c1-13(18-24(21,22)16(5,6)7)17(8)9-11-19(12-10-17)14(20)23-15(2,3)4/h13,18H,9-12H2,1-8H3/t13-/m1/s1. The molecule has 24 heavy (non-hydrogen) atoms. The molecule has 0 aromatic rings. The fourth-order valence-electron chi connectivity index (χ4n) is 2.51. The predicted molar refractivity (Wildman–Crippen MR) is 96.4 cm³/mol. The minimum Gasteiger partial charge on any atom is -0.444 e. The van der Waals surface area contributed by atoms with E-state index in [0.29, 0.717) is 13.1 Å². The van der Waals surface area contributed by atoms with Crippen LogP contribution in [0.25, 0.3) is 0 Å². The van der Waals surface area contributed by atoms with Crippen molar-refractivity contribution in [1.29, 1.82) is 0 Å². The number of ether oxygens (including phenoxy) is 1. The highest BCUT2D eigenvalue weighted by Crippen LogP contribution is 2.35. The van der Waals surface area contributed by atoms with Gasteiger partial charge in [-0.25, -0.2) is 17.9 Å². The van der Waals surface area contributed by atoms with E-state index in [-0.39, 0.29) is 17.6 Å². The summed E-state index contributed by atoms with van der Waals surface area (Å²) in [7, 11) is -3.39. The molecule has 1 heterocycles. The molecule has 1 fully saturated rings. The molecule has 1 N–H and O–H groups in total. The number of hydrogen-bond donors (Lipinski definition) is 1. The van der Waals surface area contributed by atoms with Crippen LogP contribution >= 0.6 is 0 Å². The molecular formula is C17H34N2O4S. The summed E-state index contributed by atoms with van der Waals surface area (Å²) >= 11 is 0. The first kappa shape index (κ1) is 21.2. The van der Waals surface area contributed by atoms with Gasteiger partial charge in [-0.15, -0.1) is 0 Å². The molecule has 0 aromatic heterocycles. The second-order valence-corrected chi connectivity index (χ2v) is 11.5. The van der Waals surface area contributed by atoms with Crippen LogP contribution < -0.4 is 4.72 Å². The summed E-state index contributed by atoms with van der Waals surface area (Å²) in [6, 6.07) is -0.192. The number of carbonyl (C=O) groups is 1. The number of rotatable bonds is 3. The molecule has 6 nitrogen and oxygen atoms in total. The number of nitrogens with zero attached hydrogens (tertiary/aromatic N) is 1. The van der Waals surface area contributed by atoms with E-state index >= 15 is 0 Å². The SMILES string of the molecule is C[C@@H](NS(=O)(=O)C(C)(C)C)C1(C)CCN(C(=O)OC(C)(C)C)CC1. The minimum atomic E-state index is -3.39. The van der Waals surface area contributed by atoms with Crippen LogP contribution in [0.15, 0.2) is 0 Å². The van der Waals surface area contributed by atoms with E-state index in [1.54, 1.807) is 25.7 Å². The number of amides is 1. The van der Waals surface area contributed by atoms with Gasteiger partial charge in [-0.3, -0.25) is 0 Å². The van der Waals surface area contributed by atoms with Gasteiger partial charge in [0.05, 0.1) is 4.75 Å². The van der Waals surface area contributed by atoms with E-state index in [4.69, 9.17) is 4.74 Å². The molecule has 0 aromatic carbocycles. The van der Waals surface area contributed by atoms with Crippen LogP contribution in [0.2, 0.25) is 0 Å². The molecule has 1 amide bonds. The zero-order valence-corrected chi connectivity index (χ0v) is 17.2. The maximum atomic E-state index is 12.4. The first-order chi connectivity index (χ1) is 10.6. The molecule has 0 bridgehead atoms. The number of carbonyl (C=O) groups excluding carboxylic acids is 1. The van der Waals surface area contributed by atoms with Crippen molar-refractivity contribution in [2.24, 2.45) is 5.41 Å². The average molecular weight is 363 g/mol. The molecule has 1 saturated heterocycles. The van der Waals surface area contributed by atoms with Crippen molar-refractivity contribution in [2.75, 3.05) is 13.1 Å². The summed E-state index contributed by atoms with van der Waals surface area (Å²) < 4.78 is 32.2. The van der Waals surface area contributed by atoms with Gasteiger partial charge in [0.25, 0.3) is 0 Å². The van der Waals surface area contributed by atoms with Crippen LogP contribution in [0.1, 0.15) is 68.2 Å². The van der Waals surface area contributed by atoms with Gasteiger partial charge in [0.1, 0.15) is 5.60 Å². The van der Waals surface area contributed by atoms with Crippen molar-refractivity contribution >= 4 is 16.1 Å². The fraction of sp³-hybridized carbons (Fsp3) is 0.941. The van der Waals surface area contributed by atoms with Crippen LogP contribution in [-0.2, 0) is 14.8 Å². The van der Waals surface area contributed by atoms with Crippen molar-refractivity contribution in [3.05, 3.63) is 0 Å². The second kappa shape index (κ2) is 6.83. The van der Waals surface area contributed by atoms with E-state index in [1.165, 1.54) is 0 Å². The third-order valence-corrected chi connectivity index (χ3v) is 7.02. The Balaban J connectivity index is 2.69. The quantitative estimate of drug-likeness (QED) is 0.837. The second-order valence-electron chi connectivity index (χ2n) is 9.08. The highest BCUT2D eigenvalue weighted by molar-refractivity contribution is 7.90. The number of piperidine rings is 1. The Labute approximate surface area is 147 Å². The number of sulfonamides is 1. The molecule has 1 aliphatic heterocycles. The molecule has 0 saturated carbocycles. The summed E-state index contributed by atoms with van der Waals surface area (Å²) in [5.41, 5.74) is -0.690. The highest BCUT2D eigenvalue weighted by atomic mass is 32.2. The summed E-state index contributed by atoms with van der Waals surface area (Å²) in [5, 5.41) is 0. The van der Waals surface area contributed by atoms with Gasteiger partial charge >= 0.3 is 6.09 Å². The maximum Gasteiger partial charge on any atom is 0.410 e. The zero-order chi connectivity index (χ0) is 19.0. The lowest BCUT2D eigenvalue weighted by molar-refractivity contribution is 0.00899. The normalized spacial score (nSPS) is 20.6. The molecule has 0 radical (unpaired) electrons. The highest BCUT2D eigenvalue weighted by Gasteiger charge is 2.40. The van der Waals surface area contributed by atoms with Gasteiger partial charge in [-0.2, -0.15) is 0 Å². The largest absolute Gasteiger partial charge is 0.444 e. The molecule has 1 atom stereocenters. The minimum absolute atomic E-state index is 0.184. The number of hydrogen-bond acceptors (Lipinski definition) is 4. The lowest BCUT2D eigenvalue weighted by Crippen LogP contribution is -2.54. The molecule has 0 unspecified atom stereocenters. The Morgan fingerprint density at radius 2 is 1.58 bits per heavy atom. The Morgan fingerprint density at radius 1 is 1.12 bits per heavy atom. The Kier molecular flexibility index (Phi) is 6.04. The summed E-state index contributed by atoms with van der Waals surface area (Å²) in [6.07, 6.45) is 1.17. The molecule has 0 spiro atoms.